The summed E-state index contributed by atoms with van der Waals surface area (Å²) in [7, 11) is 0. The third-order valence-corrected chi connectivity index (χ3v) is 2.74. The van der Waals surface area contributed by atoms with E-state index in [0.717, 1.165) is 0 Å². The van der Waals surface area contributed by atoms with Gasteiger partial charge in [0.1, 0.15) is 6.04 Å². The Bertz CT molecular complexity index is 307. The molecule has 6 nitrogen and oxygen atoms in total. The van der Waals surface area contributed by atoms with Crippen LogP contribution >= 0.6 is 0 Å². The van der Waals surface area contributed by atoms with E-state index in [9.17, 15) is 14.4 Å². The first-order valence-electron chi connectivity index (χ1n) is 5.89. The van der Waals surface area contributed by atoms with Gasteiger partial charge in [0.25, 0.3) is 0 Å². The molecule has 96 valence electrons. The van der Waals surface area contributed by atoms with Gasteiger partial charge in [0.2, 0.25) is 17.7 Å². The van der Waals surface area contributed by atoms with Crippen molar-refractivity contribution in [2.24, 2.45) is 5.92 Å². The Hall–Kier alpha value is -1.59. The number of likely N-dealkylation sites (N-methyl/N-ethyl adjacent to an activating group) is 1. The summed E-state index contributed by atoms with van der Waals surface area (Å²) in [5.74, 6) is -0.625. The summed E-state index contributed by atoms with van der Waals surface area (Å²) in [6, 6.07) is -0.542. The highest BCUT2D eigenvalue weighted by atomic mass is 16.2. The third kappa shape index (κ3) is 4.05. The molecule has 6 heteroatoms. The lowest BCUT2D eigenvalue weighted by Crippen LogP contribution is -2.49. The van der Waals surface area contributed by atoms with E-state index in [1.54, 1.807) is 6.92 Å². The minimum Gasteiger partial charge on any atom is -0.355 e. The lowest BCUT2D eigenvalue weighted by atomic mass is 9.98. The number of carbonyl (C=O) groups is 3. The van der Waals surface area contributed by atoms with Crippen LogP contribution in [-0.4, -0.2) is 36.9 Å². The van der Waals surface area contributed by atoms with Crippen LogP contribution in [0, 0.1) is 5.92 Å². The zero-order valence-corrected chi connectivity index (χ0v) is 10.2. The van der Waals surface area contributed by atoms with Crippen LogP contribution in [0.5, 0.6) is 0 Å². The molecule has 0 spiro atoms. The van der Waals surface area contributed by atoms with E-state index in [4.69, 9.17) is 0 Å². The van der Waals surface area contributed by atoms with Crippen molar-refractivity contribution < 1.29 is 14.4 Å². The normalized spacial score (nSPS) is 21.3. The summed E-state index contributed by atoms with van der Waals surface area (Å²) in [5, 5.41) is 7.92. The lowest BCUT2D eigenvalue weighted by molar-refractivity contribution is -0.132. The van der Waals surface area contributed by atoms with Crippen molar-refractivity contribution in [1.82, 2.24) is 16.0 Å². The van der Waals surface area contributed by atoms with Crippen LogP contribution in [0.25, 0.3) is 0 Å². The van der Waals surface area contributed by atoms with Gasteiger partial charge in [0.15, 0.2) is 0 Å². The molecule has 1 heterocycles. The van der Waals surface area contributed by atoms with Gasteiger partial charge in [-0.05, 0) is 20.3 Å². The molecule has 0 radical (unpaired) electrons. The van der Waals surface area contributed by atoms with Crippen molar-refractivity contribution in [2.45, 2.75) is 32.7 Å². The monoisotopic (exact) mass is 241 g/mol. The van der Waals surface area contributed by atoms with Gasteiger partial charge >= 0.3 is 0 Å². The number of rotatable bonds is 4. The predicted octanol–water partition coefficient (Wildman–Crippen LogP) is -0.847. The standard InChI is InChI=1S/C11H19N3O3/c1-3-12-10(16)7(2)14-11(17)8-4-5-9(15)13-6-8/h7-8H,3-6H2,1-2H3,(H,12,16)(H,13,15)(H,14,17). The number of hydrogen-bond acceptors (Lipinski definition) is 3. The molecule has 2 unspecified atom stereocenters. The van der Waals surface area contributed by atoms with Gasteiger partial charge in [-0.1, -0.05) is 0 Å². The van der Waals surface area contributed by atoms with E-state index in [2.05, 4.69) is 16.0 Å². The Kier molecular flexibility index (Phi) is 4.93. The molecule has 1 aliphatic heterocycles. The second-order valence-electron chi connectivity index (χ2n) is 4.16. The minimum absolute atomic E-state index is 0.0224. The first-order chi connectivity index (χ1) is 8.04. The number of piperidine rings is 1. The quantitative estimate of drug-likeness (QED) is 0.599. The Labute approximate surface area is 101 Å². The van der Waals surface area contributed by atoms with Gasteiger partial charge in [-0.3, -0.25) is 14.4 Å². The van der Waals surface area contributed by atoms with E-state index < -0.39 is 6.04 Å². The number of amides is 3. The number of hydrogen-bond donors (Lipinski definition) is 3. The van der Waals surface area contributed by atoms with Crippen LogP contribution in [0.4, 0.5) is 0 Å². The molecule has 0 aromatic rings. The van der Waals surface area contributed by atoms with E-state index in [0.29, 0.717) is 25.9 Å². The maximum atomic E-state index is 11.8. The van der Waals surface area contributed by atoms with Crippen LogP contribution in [-0.2, 0) is 14.4 Å². The Morgan fingerprint density at radius 1 is 1.53 bits per heavy atom. The molecule has 1 fully saturated rings. The van der Waals surface area contributed by atoms with Crippen molar-refractivity contribution in [3.8, 4) is 0 Å². The van der Waals surface area contributed by atoms with Crippen molar-refractivity contribution >= 4 is 17.7 Å². The molecule has 1 saturated heterocycles. The molecule has 1 rings (SSSR count). The van der Waals surface area contributed by atoms with Crippen LogP contribution in [0.2, 0.25) is 0 Å². The molecule has 0 aromatic heterocycles. The van der Waals surface area contributed by atoms with Crippen LogP contribution in [0.3, 0.4) is 0 Å². The molecule has 3 amide bonds. The van der Waals surface area contributed by atoms with Crippen molar-refractivity contribution in [3.05, 3.63) is 0 Å². The van der Waals surface area contributed by atoms with Gasteiger partial charge in [0.05, 0.1) is 5.92 Å². The zero-order chi connectivity index (χ0) is 12.8. The molecule has 0 saturated carbocycles. The van der Waals surface area contributed by atoms with E-state index in [1.807, 2.05) is 6.92 Å². The maximum absolute atomic E-state index is 11.8. The molecule has 0 bridgehead atoms. The Morgan fingerprint density at radius 2 is 2.24 bits per heavy atom. The first-order valence-corrected chi connectivity index (χ1v) is 5.89. The smallest absolute Gasteiger partial charge is 0.242 e. The fraction of sp³-hybridized carbons (Fsp3) is 0.727. The Morgan fingerprint density at radius 3 is 2.76 bits per heavy atom. The Balaban J connectivity index is 2.38. The van der Waals surface area contributed by atoms with Crippen LogP contribution < -0.4 is 16.0 Å². The molecule has 3 N–H and O–H groups in total. The second-order valence-corrected chi connectivity index (χ2v) is 4.16. The van der Waals surface area contributed by atoms with Crippen molar-refractivity contribution in [2.75, 3.05) is 13.1 Å². The van der Waals surface area contributed by atoms with E-state index in [1.165, 1.54) is 0 Å². The first kappa shape index (κ1) is 13.5. The molecule has 0 aliphatic carbocycles. The number of carbonyl (C=O) groups excluding carboxylic acids is 3. The van der Waals surface area contributed by atoms with Gasteiger partial charge < -0.3 is 16.0 Å². The fourth-order valence-corrected chi connectivity index (χ4v) is 1.68. The highest BCUT2D eigenvalue weighted by Crippen LogP contribution is 2.10. The summed E-state index contributed by atoms with van der Waals surface area (Å²) < 4.78 is 0. The SMILES string of the molecule is CCNC(=O)C(C)NC(=O)C1CCC(=O)NC1. The molecule has 0 aromatic carbocycles. The van der Waals surface area contributed by atoms with Crippen molar-refractivity contribution in [3.63, 3.8) is 0 Å². The van der Waals surface area contributed by atoms with E-state index >= 15 is 0 Å². The largest absolute Gasteiger partial charge is 0.355 e. The summed E-state index contributed by atoms with van der Waals surface area (Å²) in [5.41, 5.74) is 0. The molecular formula is C11H19N3O3. The van der Waals surface area contributed by atoms with Gasteiger partial charge in [-0.2, -0.15) is 0 Å². The minimum atomic E-state index is -0.542. The third-order valence-electron chi connectivity index (χ3n) is 2.74. The molecular weight excluding hydrogens is 222 g/mol. The topological polar surface area (TPSA) is 87.3 Å². The molecule has 1 aliphatic rings. The average Bonchev–Trinajstić information content (AvgIpc) is 2.30. The molecule has 17 heavy (non-hydrogen) atoms. The number of nitrogens with one attached hydrogen (secondary N) is 3. The summed E-state index contributed by atoms with van der Waals surface area (Å²) in [6.45, 7) is 4.36. The maximum Gasteiger partial charge on any atom is 0.242 e. The second kappa shape index (κ2) is 6.22. The average molecular weight is 241 g/mol. The summed E-state index contributed by atoms with van der Waals surface area (Å²) >= 11 is 0. The fourth-order valence-electron chi connectivity index (χ4n) is 1.68. The summed E-state index contributed by atoms with van der Waals surface area (Å²) in [6.07, 6.45) is 0.910. The highest BCUT2D eigenvalue weighted by Gasteiger charge is 2.26. The molecule has 2 atom stereocenters. The van der Waals surface area contributed by atoms with Crippen LogP contribution in [0.1, 0.15) is 26.7 Å². The zero-order valence-electron chi connectivity index (χ0n) is 10.2. The summed E-state index contributed by atoms with van der Waals surface area (Å²) in [4.78, 5) is 34.1. The van der Waals surface area contributed by atoms with Gasteiger partial charge in [-0.25, -0.2) is 0 Å². The van der Waals surface area contributed by atoms with Gasteiger partial charge in [0, 0.05) is 19.5 Å². The highest BCUT2D eigenvalue weighted by molar-refractivity contribution is 5.89. The lowest BCUT2D eigenvalue weighted by Gasteiger charge is -2.23. The van der Waals surface area contributed by atoms with Crippen molar-refractivity contribution in [1.29, 1.82) is 0 Å². The van der Waals surface area contributed by atoms with Crippen LogP contribution in [0.15, 0.2) is 0 Å². The van der Waals surface area contributed by atoms with Gasteiger partial charge in [-0.15, -0.1) is 0 Å². The van der Waals surface area contributed by atoms with E-state index in [-0.39, 0.29) is 23.6 Å². The predicted molar refractivity (Wildman–Crippen MR) is 62.0 cm³/mol.